The smallest absolute Gasteiger partial charge is 0.314 e. The molecule has 1 rings (SSSR count). The molecule has 0 spiro atoms. The first-order valence-electron chi connectivity index (χ1n) is 6.79. The number of methoxy groups -OCH3 is 1. The van der Waals surface area contributed by atoms with Gasteiger partial charge in [-0.1, -0.05) is 12.1 Å². The maximum absolute atomic E-state index is 11.6. The molecule has 6 nitrogen and oxygen atoms in total. The van der Waals surface area contributed by atoms with Crippen molar-refractivity contribution in [2.24, 2.45) is 11.1 Å². The number of benzene rings is 1. The Labute approximate surface area is 125 Å². The van der Waals surface area contributed by atoms with Crippen LogP contribution in [0.15, 0.2) is 24.3 Å². The molecule has 0 aliphatic carbocycles. The van der Waals surface area contributed by atoms with Crippen molar-refractivity contribution in [3.05, 3.63) is 29.8 Å². The monoisotopic (exact) mass is 293 g/mol. The van der Waals surface area contributed by atoms with Crippen LogP contribution in [0, 0.1) is 5.41 Å². The molecule has 0 heterocycles. The van der Waals surface area contributed by atoms with Crippen molar-refractivity contribution in [3.63, 3.8) is 0 Å². The van der Waals surface area contributed by atoms with Gasteiger partial charge in [0, 0.05) is 13.1 Å². The Morgan fingerprint density at radius 1 is 1.29 bits per heavy atom. The standard InChI is InChI=1S/C15H23N3O3/c1-15(2,13(16)19)10-18-14(20)17-8-7-11-5-4-6-12(9-11)21-3/h4-6,9H,7-8,10H2,1-3H3,(H2,16,19)(H2,17,18,20). The molecule has 0 aliphatic rings. The van der Waals surface area contributed by atoms with Crippen molar-refractivity contribution in [1.29, 1.82) is 0 Å². The lowest BCUT2D eigenvalue weighted by Crippen LogP contribution is -2.46. The van der Waals surface area contributed by atoms with E-state index in [1.165, 1.54) is 0 Å². The van der Waals surface area contributed by atoms with Crippen LogP contribution in [0.25, 0.3) is 0 Å². The predicted octanol–water partition coefficient (Wildman–Crippen LogP) is 1.05. The van der Waals surface area contributed by atoms with E-state index in [1.807, 2.05) is 24.3 Å². The third-order valence-electron chi connectivity index (χ3n) is 3.19. The van der Waals surface area contributed by atoms with E-state index in [-0.39, 0.29) is 12.6 Å². The van der Waals surface area contributed by atoms with Crippen molar-refractivity contribution in [2.75, 3.05) is 20.2 Å². The number of urea groups is 1. The van der Waals surface area contributed by atoms with Crippen LogP contribution in [-0.4, -0.2) is 32.1 Å². The van der Waals surface area contributed by atoms with E-state index in [2.05, 4.69) is 10.6 Å². The van der Waals surface area contributed by atoms with Crippen molar-refractivity contribution in [1.82, 2.24) is 10.6 Å². The number of nitrogens with one attached hydrogen (secondary N) is 2. The Kier molecular flexibility index (Phi) is 6.02. The zero-order valence-electron chi connectivity index (χ0n) is 12.7. The molecule has 0 fully saturated rings. The SMILES string of the molecule is COc1cccc(CCNC(=O)NCC(C)(C)C(N)=O)c1. The van der Waals surface area contributed by atoms with Crippen molar-refractivity contribution in [2.45, 2.75) is 20.3 Å². The fraction of sp³-hybridized carbons (Fsp3) is 0.467. The second-order valence-electron chi connectivity index (χ2n) is 5.46. The van der Waals surface area contributed by atoms with Gasteiger partial charge in [-0.15, -0.1) is 0 Å². The van der Waals surface area contributed by atoms with Crippen LogP contribution in [0.2, 0.25) is 0 Å². The van der Waals surface area contributed by atoms with Crippen molar-refractivity contribution < 1.29 is 14.3 Å². The van der Waals surface area contributed by atoms with Gasteiger partial charge in [0.1, 0.15) is 5.75 Å². The Morgan fingerprint density at radius 2 is 2.00 bits per heavy atom. The first kappa shape index (κ1) is 16.8. The number of carbonyl (C=O) groups is 2. The summed E-state index contributed by atoms with van der Waals surface area (Å²) in [7, 11) is 1.62. The number of nitrogens with two attached hydrogens (primary N) is 1. The molecule has 21 heavy (non-hydrogen) atoms. The highest BCUT2D eigenvalue weighted by atomic mass is 16.5. The van der Waals surface area contributed by atoms with E-state index < -0.39 is 11.3 Å². The number of carbonyl (C=O) groups excluding carboxylic acids is 2. The molecule has 0 aliphatic heterocycles. The second-order valence-corrected chi connectivity index (χ2v) is 5.46. The zero-order chi connectivity index (χ0) is 15.9. The number of amides is 3. The van der Waals surface area contributed by atoms with Gasteiger partial charge < -0.3 is 21.1 Å². The summed E-state index contributed by atoms with van der Waals surface area (Å²) >= 11 is 0. The molecule has 0 atom stereocenters. The van der Waals surface area contributed by atoms with Crippen LogP contribution in [-0.2, 0) is 11.2 Å². The molecule has 0 saturated heterocycles. The normalized spacial score (nSPS) is 10.8. The van der Waals surface area contributed by atoms with Crippen LogP contribution in [0.1, 0.15) is 19.4 Å². The van der Waals surface area contributed by atoms with Gasteiger partial charge in [-0.05, 0) is 38.0 Å². The van der Waals surface area contributed by atoms with Crippen molar-refractivity contribution >= 4 is 11.9 Å². The third kappa shape index (κ3) is 5.72. The average Bonchev–Trinajstić information content (AvgIpc) is 2.45. The molecular formula is C15H23N3O3. The topological polar surface area (TPSA) is 93.4 Å². The molecule has 0 bridgehead atoms. The molecule has 0 unspecified atom stereocenters. The minimum atomic E-state index is -0.760. The molecule has 3 amide bonds. The van der Waals surface area contributed by atoms with Gasteiger partial charge in [0.15, 0.2) is 0 Å². The van der Waals surface area contributed by atoms with Crippen LogP contribution in [0.3, 0.4) is 0 Å². The average molecular weight is 293 g/mol. The van der Waals surface area contributed by atoms with Crippen molar-refractivity contribution in [3.8, 4) is 5.75 Å². The summed E-state index contributed by atoms with van der Waals surface area (Å²) in [5.41, 5.74) is 5.55. The summed E-state index contributed by atoms with van der Waals surface area (Å²) in [5, 5.41) is 5.37. The van der Waals surface area contributed by atoms with E-state index >= 15 is 0 Å². The van der Waals surface area contributed by atoms with Crippen LogP contribution < -0.4 is 21.1 Å². The van der Waals surface area contributed by atoms with E-state index in [0.29, 0.717) is 13.0 Å². The summed E-state index contributed by atoms with van der Waals surface area (Å²) in [5.74, 6) is 0.347. The van der Waals surface area contributed by atoms with Gasteiger partial charge in [-0.3, -0.25) is 4.79 Å². The summed E-state index contributed by atoms with van der Waals surface area (Å²) in [6.07, 6.45) is 0.698. The van der Waals surface area contributed by atoms with Gasteiger partial charge >= 0.3 is 6.03 Å². The highest BCUT2D eigenvalue weighted by molar-refractivity contribution is 5.81. The molecule has 0 radical (unpaired) electrons. The van der Waals surface area contributed by atoms with E-state index in [1.54, 1.807) is 21.0 Å². The highest BCUT2D eigenvalue weighted by Crippen LogP contribution is 2.13. The second kappa shape index (κ2) is 7.52. The number of hydrogen-bond acceptors (Lipinski definition) is 3. The van der Waals surface area contributed by atoms with Gasteiger partial charge in [-0.2, -0.15) is 0 Å². The summed E-state index contributed by atoms with van der Waals surface area (Å²) in [6, 6.07) is 7.36. The number of rotatable bonds is 7. The molecule has 116 valence electrons. The minimum Gasteiger partial charge on any atom is -0.497 e. The summed E-state index contributed by atoms with van der Waals surface area (Å²) < 4.78 is 5.14. The van der Waals surface area contributed by atoms with E-state index in [0.717, 1.165) is 11.3 Å². The summed E-state index contributed by atoms with van der Waals surface area (Å²) in [4.78, 5) is 22.8. The fourth-order valence-corrected chi connectivity index (χ4v) is 1.60. The largest absolute Gasteiger partial charge is 0.497 e. The maximum Gasteiger partial charge on any atom is 0.314 e. The zero-order valence-corrected chi connectivity index (χ0v) is 12.7. The number of hydrogen-bond donors (Lipinski definition) is 3. The molecule has 4 N–H and O–H groups in total. The highest BCUT2D eigenvalue weighted by Gasteiger charge is 2.25. The first-order valence-corrected chi connectivity index (χ1v) is 6.79. The summed E-state index contributed by atoms with van der Waals surface area (Å²) in [6.45, 7) is 4.07. The Hall–Kier alpha value is -2.24. The fourth-order valence-electron chi connectivity index (χ4n) is 1.60. The lowest BCUT2D eigenvalue weighted by molar-refractivity contribution is -0.125. The molecule has 6 heteroatoms. The first-order chi connectivity index (χ1) is 9.85. The van der Waals surface area contributed by atoms with Gasteiger partial charge in [0.25, 0.3) is 0 Å². The van der Waals surface area contributed by atoms with E-state index in [4.69, 9.17) is 10.5 Å². The molecule has 1 aromatic rings. The third-order valence-corrected chi connectivity index (χ3v) is 3.19. The predicted molar refractivity (Wildman–Crippen MR) is 81.1 cm³/mol. The number of ether oxygens (including phenoxy) is 1. The molecule has 0 aromatic heterocycles. The Morgan fingerprint density at radius 3 is 2.62 bits per heavy atom. The quantitative estimate of drug-likeness (QED) is 0.701. The molecular weight excluding hydrogens is 270 g/mol. The molecule has 0 saturated carbocycles. The number of primary amides is 1. The van der Waals surface area contributed by atoms with Crippen LogP contribution >= 0.6 is 0 Å². The van der Waals surface area contributed by atoms with Gasteiger partial charge in [-0.25, -0.2) is 4.79 Å². The minimum absolute atomic E-state index is 0.202. The Balaban J connectivity index is 2.32. The van der Waals surface area contributed by atoms with E-state index in [9.17, 15) is 9.59 Å². The van der Waals surface area contributed by atoms with Crippen LogP contribution in [0.4, 0.5) is 4.79 Å². The van der Waals surface area contributed by atoms with Gasteiger partial charge in [0.2, 0.25) is 5.91 Å². The maximum atomic E-state index is 11.6. The Bertz CT molecular complexity index is 501. The van der Waals surface area contributed by atoms with Gasteiger partial charge in [0.05, 0.1) is 12.5 Å². The van der Waals surface area contributed by atoms with Crippen LogP contribution in [0.5, 0.6) is 5.75 Å². The lowest BCUT2D eigenvalue weighted by atomic mass is 9.93. The lowest BCUT2D eigenvalue weighted by Gasteiger charge is -2.20. The molecule has 1 aromatic carbocycles.